The van der Waals surface area contributed by atoms with Crippen LogP contribution in [0, 0.1) is 0 Å². The predicted octanol–water partition coefficient (Wildman–Crippen LogP) is 4.42. The van der Waals surface area contributed by atoms with Crippen molar-refractivity contribution >= 4 is 19.0 Å². The second-order valence-corrected chi connectivity index (χ2v) is 12.8. The van der Waals surface area contributed by atoms with Crippen molar-refractivity contribution in [2.24, 2.45) is 0 Å². The highest BCUT2D eigenvalue weighted by Gasteiger charge is 2.32. The van der Waals surface area contributed by atoms with Gasteiger partial charge in [-0.1, -0.05) is 19.6 Å². The van der Waals surface area contributed by atoms with Gasteiger partial charge in [0.25, 0.3) is 0 Å². The Kier molecular flexibility index (Phi) is 5.41. The first-order valence-electron chi connectivity index (χ1n) is 7.81. The summed E-state index contributed by atoms with van der Waals surface area (Å²) in [6.07, 6.45) is -3.98. The van der Waals surface area contributed by atoms with Crippen LogP contribution in [0.3, 0.4) is 0 Å². The Hall–Kier alpha value is -1.38. The molecule has 0 spiro atoms. The Morgan fingerprint density at radius 3 is 2.50 bits per heavy atom. The number of aromatic nitrogens is 2. The molecule has 0 saturated heterocycles. The van der Waals surface area contributed by atoms with Gasteiger partial charge in [0.1, 0.15) is 6.73 Å². The molecular weight excluding hydrogens is 337 g/mol. The minimum Gasteiger partial charge on any atom is -0.389 e. The third-order valence-corrected chi connectivity index (χ3v) is 5.39. The molecule has 0 bridgehead atoms. The summed E-state index contributed by atoms with van der Waals surface area (Å²) in [7, 11) is -1.19. The zero-order valence-electron chi connectivity index (χ0n) is 14.3. The molecule has 0 radical (unpaired) electrons. The van der Waals surface area contributed by atoms with Gasteiger partial charge in [-0.2, -0.15) is 18.3 Å². The number of hydrogen-bond acceptors (Lipinski definition) is 3. The molecule has 24 heavy (non-hydrogen) atoms. The standard InChI is InChI=1S/C16H23F3N2O2Si/c1-11(22)14-8-13(16(17,18)19)7-12-9-21(20-15(12)14)10-23-5-6-24(2,3)4/h7-9,11,22H,5-6,10H2,1-4H3. The third-order valence-electron chi connectivity index (χ3n) is 3.68. The molecule has 1 atom stereocenters. The summed E-state index contributed by atoms with van der Waals surface area (Å²) in [6, 6.07) is 3.01. The summed E-state index contributed by atoms with van der Waals surface area (Å²) in [5.41, 5.74) is -0.252. The number of rotatable bonds is 6. The van der Waals surface area contributed by atoms with Crippen molar-refractivity contribution in [2.75, 3.05) is 6.61 Å². The first-order chi connectivity index (χ1) is 11.0. The van der Waals surface area contributed by atoms with Crippen molar-refractivity contribution in [3.05, 3.63) is 29.5 Å². The molecule has 8 heteroatoms. The molecule has 1 aromatic heterocycles. The van der Waals surface area contributed by atoms with Gasteiger partial charge in [-0.15, -0.1) is 0 Å². The number of aliphatic hydroxyl groups is 1. The maximum Gasteiger partial charge on any atom is 0.416 e. The molecule has 1 aromatic carbocycles. The molecular formula is C16H23F3N2O2Si. The van der Waals surface area contributed by atoms with Crippen molar-refractivity contribution in [1.29, 1.82) is 0 Å². The minimum atomic E-state index is -4.46. The van der Waals surface area contributed by atoms with Crippen LogP contribution in [0.1, 0.15) is 24.2 Å². The van der Waals surface area contributed by atoms with E-state index in [9.17, 15) is 18.3 Å². The molecule has 2 aromatic rings. The van der Waals surface area contributed by atoms with Crippen molar-refractivity contribution in [3.63, 3.8) is 0 Å². The van der Waals surface area contributed by atoms with Gasteiger partial charge in [0.15, 0.2) is 0 Å². The highest BCUT2D eigenvalue weighted by atomic mass is 28.3. The molecule has 4 nitrogen and oxygen atoms in total. The predicted molar refractivity (Wildman–Crippen MR) is 89.5 cm³/mol. The van der Waals surface area contributed by atoms with E-state index < -0.39 is 25.9 Å². The molecule has 0 amide bonds. The quantitative estimate of drug-likeness (QED) is 0.613. The fourth-order valence-corrected chi connectivity index (χ4v) is 3.05. The van der Waals surface area contributed by atoms with Crippen molar-refractivity contribution in [2.45, 2.75) is 51.6 Å². The number of hydrogen-bond donors (Lipinski definition) is 1. The molecule has 0 aliphatic heterocycles. The van der Waals surface area contributed by atoms with Crippen LogP contribution >= 0.6 is 0 Å². The van der Waals surface area contributed by atoms with Crippen LogP contribution in [0.5, 0.6) is 0 Å². The van der Waals surface area contributed by atoms with E-state index >= 15 is 0 Å². The SMILES string of the molecule is CC(O)c1cc(C(F)(F)F)cc2cn(COCC[Si](C)(C)C)nc12. The van der Waals surface area contributed by atoms with Gasteiger partial charge in [-0.25, -0.2) is 4.68 Å². The van der Waals surface area contributed by atoms with Gasteiger partial charge in [0, 0.05) is 31.8 Å². The fourth-order valence-electron chi connectivity index (χ4n) is 2.30. The first kappa shape index (κ1) is 18.9. The lowest BCUT2D eigenvalue weighted by Gasteiger charge is -2.15. The van der Waals surface area contributed by atoms with Gasteiger partial charge in [0.05, 0.1) is 17.2 Å². The number of alkyl halides is 3. The Labute approximate surface area is 140 Å². The Morgan fingerprint density at radius 2 is 1.96 bits per heavy atom. The molecule has 2 rings (SSSR count). The van der Waals surface area contributed by atoms with Crippen LogP contribution in [-0.2, 0) is 17.6 Å². The second-order valence-electron chi connectivity index (χ2n) is 7.19. The monoisotopic (exact) mass is 360 g/mol. The van der Waals surface area contributed by atoms with E-state index in [2.05, 4.69) is 24.7 Å². The zero-order chi connectivity index (χ0) is 18.1. The molecule has 134 valence electrons. The van der Waals surface area contributed by atoms with Crippen LogP contribution in [0.4, 0.5) is 13.2 Å². The first-order valence-corrected chi connectivity index (χ1v) is 11.5. The van der Waals surface area contributed by atoms with E-state index in [-0.39, 0.29) is 12.3 Å². The van der Waals surface area contributed by atoms with Gasteiger partial charge in [-0.05, 0) is 25.1 Å². The molecule has 1 heterocycles. The molecule has 0 saturated carbocycles. The van der Waals surface area contributed by atoms with E-state index in [0.717, 1.165) is 18.2 Å². The summed E-state index contributed by atoms with van der Waals surface area (Å²) < 4.78 is 46.0. The average Bonchev–Trinajstić information content (AvgIpc) is 2.82. The van der Waals surface area contributed by atoms with E-state index in [1.165, 1.54) is 17.8 Å². The number of ether oxygens (including phenoxy) is 1. The lowest BCUT2D eigenvalue weighted by atomic mass is 10.0. The average molecular weight is 360 g/mol. The number of halogens is 3. The minimum absolute atomic E-state index is 0.167. The van der Waals surface area contributed by atoms with Crippen LogP contribution in [0.15, 0.2) is 18.3 Å². The smallest absolute Gasteiger partial charge is 0.389 e. The molecule has 0 aliphatic carbocycles. The highest BCUT2D eigenvalue weighted by Crippen LogP contribution is 2.34. The number of fused-ring (bicyclic) bond motifs is 1. The summed E-state index contributed by atoms with van der Waals surface area (Å²) in [4.78, 5) is 0. The van der Waals surface area contributed by atoms with Gasteiger partial charge >= 0.3 is 6.18 Å². The zero-order valence-corrected chi connectivity index (χ0v) is 15.3. The maximum absolute atomic E-state index is 13.0. The normalized spacial score (nSPS) is 14.3. The van der Waals surface area contributed by atoms with E-state index in [1.54, 1.807) is 0 Å². The Bertz CT molecular complexity index is 706. The Morgan fingerprint density at radius 1 is 1.29 bits per heavy atom. The van der Waals surface area contributed by atoms with E-state index in [0.29, 0.717) is 17.5 Å². The molecule has 1 unspecified atom stereocenters. The fraction of sp³-hybridized carbons (Fsp3) is 0.562. The van der Waals surface area contributed by atoms with Gasteiger partial charge < -0.3 is 9.84 Å². The van der Waals surface area contributed by atoms with E-state index in [1.807, 2.05) is 0 Å². The van der Waals surface area contributed by atoms with E-state index in [4.69, 9.17) is 4.74 Å². The van der Waals surface area contributed by atoms with Crippen LogP contribution in [-0.4, -0.2) is 29.6 Å². The topological polar surface area (TPSA) is 47.3 Å². The second kappa shape index (κ2) is 6.85. The third kappa shape index (κ3) is 4.81. The number of aliphatic hydroxyl groups excluding tert-OH is 1. The number of nitrogens with zero attached hydrogens (tertiary/aromatic N) is 2. The summed E-state index contributed by atoms with van der Waals surface area (Å²) in [6.45, 7) is 8.94. The lowest BCUT2D eigenvalue weighted by Crippen LogP contribution is -2.22. The van der Waals surface area contributed by atoms with Crippen LogP contribution < -0.4 is 0 Å². The summed E-state index contributed by atoms with van der Waals surface area (Å²) >= 11 is 0. The largest absolute Gasteiger partial charge is 0.416 e. The van der Waals surface area contributed by atoms with Crippen molar-refractivity contribution < 1.29 is 23.0 Å². The molecule has 0 aliphatic rings. The van der Waals surface area contributed by atoms with Gasteiger partial charge in [-0.3, -0.25) is 0 Å². The lowest BCUT2D eigenvalue weighted by molar-refractivity contribution is -0.137. The maximum atomic E-state index is 13.0. The van der Waals surface area contributed by atoms with Crippen molar-refractivity contribution in [3.8, 4) is 0 Å². The van der Waals surface area contributed by atoms with Crippen molar-refractivity contribution in [1.82, 2.24) is 9.78 Å². The summed E-state index contributed by atoms with van der Waals surface area (Å²) in [5.74, 6) is 0. The van der Waals surface area contributed by atoms with Crippen LogP contribution in [0.2, 0.25) is 25.7 Å². The molecule has 0 fully saturated rings. The summed E-state index contributed by atoms with van der Waals surface area (Å²) in [5, 5.41) is 14.4. The Balaban J connectivity index is 2.24. The van der Waals surface area contributed by atoms with Crippen LogP contribution in [0.25, 0.3) is 10.9 Å². The van der Waals surface area contributed by atoms with Gasteiger partial charge in [0.2, 0.25) is 0 Å². The highest BCUT2D eigenvalue weighted by molar-refractivity contribution is 6.76. The number of benzene rings is 1. The molecule has 1 N–H and O–H groups in total.